The number of fused-ring (bicyclic) bond motifs is 1. The minimum absolute atomic E-state index is 0.0473. The molecule has 0 saturated heterocycles. The van der Waals surface area contributed by atoms with Crippen LogP contribution < -0.4 is 30.9 Å². The maximum absolute atomic E-state index is 12.6. The zero-order valence-electron chi connectivity index (χ0n) is 20.0. The maximum atomic E-state index is 12.6. The van der Waals surface area contributed by atoms with Crippen LogP contribution in [0.3, 0.4) is 0 Å². The highest BCUT2D eigenvalue weighted by molar-refractivity contribution is 5.80. The van der Waals surface area contributed by atoms with Crippen molar-refractivity contribution in [2.45, 2.75) is 12.6 Å². The van der Waals surface area contributed by atoms with Gasteiger partial charge in [-0.15, -0.1) is 0 Å². The number of nitrogens with one attached hydrogen (secondary N) is 2. The molecule has 0 saturated carbocycles. The Morgan fingerprint density at radius 3 is 2.31 bits per heavy atom. The highest BCUT2D eigenvalue weighted by Gasteiger charge is 2.20. The molecule has 12 heteroatoms. The van der Waals surface area contributed by atoms with Crippen LogP contribution in [-0.2, 0) is 13.6 Å². The molecule has 3 N–H and O–H groups in total. The number of anilines is 1. The first kappa shape index (κ1) is 24.5. The first-order valence-corrected chi connectivity index (χ1v) is 11.0. The molecule has 0 fully saturated rings. The van der Waals surface area contributed by atoms with E-state index in [1.165, 1.54) is 16.2 Å². The summed E-state index contributed by atoms with van der Waals surface area (Å²) in [6.07, 6.45) is 0.558. The fourth-order valence-electron chi connectivity index (χ4n) is 3.48. The van der Waals surface area contributed by atoms with Gasteiger partial charge in [0.1, 0.15) is 30.0 Å². The lowest BCUT2D eigenvalue weighted by atomic mass is 10.2. The van der Waals surface area contributed by atoms with Gasteiger partial charge in [0, 0.05) is 7.05 Å². The van der Waals surface area contributed by atoms with Gasteiger partial charge in [-0.25, -0.2) is 10.2 Å². The number of aromatic nitrogens is 4. The highest BCUT2D eigenvalue weighted by Crippen LogP contribution is 2.19. The van der Waals surface area contributed by atoms with Crippen LogP contribution in [0.5, 0.6) is 17.2 Å². The summed E-state index contributed by atoms with van der Waals surface area (Å²) in [7, 11) is 4.64. The Balaban J connectivity index is 1.57. The molecule has 4 aromatic rings. The van der Waals surface area contributed by atoms with Crippen molar-refractivity contribution in [1.82, 2.24) is 19.1 Å². The molecule has 2 aromatic heterocycles. The highest BCUT2D eigenvalue weighted by atomic mass is 16.5. The number of benzene rings is 2. The minimum atomic E-state index is -1.01. The molecule has 2 heterocycles. The lowest BCUT2D eigenvalue weighted by molar-refractivity contribution is 0.0938. The summed E-state index contributed by atoms with van der Waals surface area (Å²) in [4.78, 5) is 31.3. The van der Waals surface area contributed by atoms with Gasteiger partial charge in [0.15, 0.2) is 11.2 Å². The van der Waals surface area contributed by atoms with Gasteiger partial charge >= 0.3 is 5.69 Å². The summed E-state index contributed by atoms with van der Waals surface area (Å²) < 4.78 is 18.6. The molecule has 0 unspecified atom stereocenters. The van der Waals surface area contributed by atoms with Crippen molar-refractivity contribution in [3.63, 3.8) is 0 Å². The normalized spacial score (nSPS) is 12.1. The van der Waals surface area contributed by atoms with Crippen molar-refractivity contribution in [1.29, 1.82) is 0 Å². The number of aliphatic hydroxyl groups is 1. The summed E-state index contributed by atoms with van der Waals surface area (Å²) in [6, 6.07) is 14.2. The summed E-state index contributed by atoms with van der Waals surface area (Å²) in [5, 5.41) is 14.9. The second-order valence-corrected chi connectivity index (χ2v) is 7.82. The zero-order chi connectivity index (χ0) is 25.7. The Labute approximate surface area is 205 Å². The number of rotatable bonds is 10. The quantitative estimate of drug-likeness (QED) is 0.221. The standard InChI is InChI=1S/C24H26N6O6/c1-29-21-20(22(32)27-24(29)33)30(13-16(31)14-36-19-10-8-18(35-3)9-11-19)23(26-21)28-25-12-15-4-6-17(34-2)7-5-15/h4-12,16,31H,13-14H2,1-3H3,(H,26,28)(H,27,32,33)/b25-12-/t16-/m0/s1. The molecule has 188 valence electrons. The van der Waals surface area contributed by atoms with Crippen LogP contribution in [0.25, 0.3) is 11.2 Å². The Kier molecular flexibility index (Phi) is 7.35. The molecule has 0 bridgehead atoms. The molecule has 0 aliphatic carbocycles. The smallest absolute Gasteiger partial charge is 0.329 e. The van der Waals surface area contributed by atoms with Gasteiger partial charge in [0.05, 0.1) is 27.0 Å². The number of nitrogens with zero attached hydrogens (tertiary/aromatic N) is 4. The number of aromatic amines is 1. The molecule has 4 rings (SSSR count). The topological polar surface area (TPSA) is 145 Å². The molecule has 0 aliphatic heterocycles. The Morgan fingerprint density at radius 1 is 1.06 bits per heavy atom. The van der Waals surface area contributed by atoms with Gasteiger partial charge in [-0.05, 0) is 54.1 Å². The number of aliphatic hydroxyl groups excluding tert-OH is 1. The van der Waals surface area contributed by atoms with E-state index < -0.39 is 17.4 Å². The van der Waals surface area contributed by atoms with E-state index in [9.17, 15) is 14.7 Å². The van der Waals surface area contributed by atoms with Gasteiger partial charge in [0.2, 0.25) is 5.95 Å². The van der Waals surface area contributed by atoms with Crippen molar-refractivity contribution >= 4 is 23.3 Å². The molecule has 0 radical (unpaired) electrons. The van der Waals surface area contributed by atoms with E-state index in [1.54, 1.807) is 56.8 Å². The molecular weight excluding hydrogens is 468 g/mol. The molecular formula is C24H26N6O6. The summed E-state index contributed by atoms with van der Waals surface area (Å²) in [5.41, 5.74) is 2.63. The lowest BCUT2D eigenvalue weighted by Crippen LogP contribution is -2.30. The molecule has 12 nitrogen and oxygen atoms in total. The number of aryl methyl sites for hydroxylation is 1. The molecule has 36 heavy (non-hydrogen) atoms. The van der Waals surface area contributed by atoms with Crippen LogP contribution in [0.15, 0.2) is 63.2 Å². The fraction of sp³-hybridized carbons (Fsp3) is 0.250. The Bertz CT molecular complexity index is 1470. The van der Waals surface area contributed by atoms with Gasteiger partial charge in [-0.3, -0.25) is 14.3 Å². The van der Waals surface area contributed by atoms with Crippen LogP contribution in [0.2, 0.25) is 0 Å². The van der Waals surface area contributed by atoms with Gasteiger partial charge in [0.25, 0.3) is 5.56 Å². The average molecular weight is 495 g/mol. The van der Waals surface area contributed by atoms with Crippen molar-refractivity contribution in [3.05, 3.63) is 74.9 Å². The third kappa shape index (κ3) is 5.39. The van der Waals surface area contributed by atoms with Crippen LogP contribution in [0, 0.1) is 0 Å². The number of methoxy groups -OCH3 is 2. The predicted octanol–water partition coefficient (Wildman–Crippen LogP) is 1.33. The van der Waals surface area contributed by atoms with E-state index in [-0.39, 0.29) is 30.3 Å². The number of hydrogen-bond acceptors (Lipinski definition) is 9. The number of hydrazone groups is 1. The van der Waals surface area contributed by atoms with Crippen molar-refractivity contribution < 1.29 is 19.3 Å². The maximum Gasteiger partial charge on any atom is 0.329 e. The third-order valence-corrected chi connectivity index (χ3v) is 5.40. The number of hydrogen-bond donors (Lipinski definition) is 3. The van der Waals surface area contributed by atoms with Gasteiger partial charge in [-0.1, -0.05) is 0 Å². The van der Waals surface area contributed by atoms with E-state index in [0.717, 1.165) is 5.56 Å². The van der Waals surface area contributed by atoms with E-state index in [0.29, 0.717) is 17.2 Å². The average Bonchev–Trinajstić information content (AvgIpc) is 3.25. The van der Waals surface area contributed by atoms with Crippen LogP contribution >= 0.6 is 0 Å². The SMILES string of the molecule is COc1ccc(/C=N\Nc2nc3c(c(=O)[nH]c(=O)n3C)n2C[C@H](O)COc2ccc(OC)cc2)cc1. The van der Waals surface area contributed by atoms with Crippen LogP contribution in [-0.4, -0.2) is 57.4 Å². The molecule has 0 spiro atoms. The molecule has 1 atom stereocenters. The third-order valence-electron chi connectivity index (χ3n) is 5.40. The lowest BCUT2D eigenvalue weighted by Gasteiger charge is -2.15. The van der Waals surface area contributed by atoms with E-state index in [1.807, 2.05) is 12.1 Å². The van der Waals surface area contributed by atoms with Gasteiger partial charge in [-0.2, -0.15) is 10.1 Å². The number of ether oxygens (including phenoxy) is 3. The second-order valence-electron chi connectivity index (χ2n) is 7.82. The zero-order valence-corrected chi connectivity index (χ0v) is 20.0. The van der Waals surface area contributed by atoms with Crippen molar-refractivity contribution in [2.24, 2.45) is 12.1 Å². The second kappa shape index (κ2) is 10.8. The first-order valence-electron chi connectivity index (χ1n) is 11.0. The van der Waals surface area contributed by atoms with Gasteiger partial charge < -0.3 is 23.9 Å². The molecule has 0 aliphatic rings. The summed E-state index contributed by atoms with van der Waals surface area (Å²) >= 11 is 0. The fourth-order valence-corrected chi connectivity index (χ4v) is 3.48. The summed E-state index contributed by atoms with van der Waals surface area (Å²) in [5.74, 6) is 2.12. The van der Waals surface area contributed by atoms with Crippen LogP contribution in [0.4, 0.5) is 5.95 Å². The Hall–Kier alpha value is -4.58. The minimum Gasteiger partial charge on any atom is -0.497 e. The molecule has 2 aromatic carbocycles. The number of imidazole rings is 1. The predicted molar refractivity (Wildman–Crippen MR) is 134 cm³/mol. The van der Waals surface area contributed by atoms with Crippen molar-refractivity contribution in [2.75, 3.05) is 26.3 Å². The Morgan fingerprint density at radius 2 is 1.67 bits per heavy atom. The number of H-pyrrole nitrogens is 1. The monoisotopic (exact) mass is 494 g/mol. The van der Waals surface area contributed by atoms with E-state index in [4.69, 9.17) is 14.2 Å². The molecule has 0 amide bonds. The van der Waals surface area contributed by atoms with Crippen LogP contribution in [0.1, 0.15) is 5.56 Å². The largest absolute Gasteiger partial charge is 0.497 e. The van der Waals surface area contributed by atoms with Crippen molar-refractivity contribution in [3.8, 4) is 17.2 Å². The summed E-state index contributed by atoms with van der Waals surface area (Å²) in [6.45, 7) is -0.0987. The van der Waals surface area contributed by atoms with E-state index in [2.05, 4.69) is 20.5 Å². The van der Waals surface area contributed by atoms with E-state index >= 15 is 0 Å². The first-order chi connectivity index (χ1) is 17.4.